The van der Waals surface area contributed by atoms with Crippen LogP contribution in [-0.2, 0) is 0 Å². The van der Waals surface area contributed by atoms with E-state index in [1.165, 1.54) is 32.1 Å². The van der Waals surface area contributed by atoms with Gasteiger partial charge in [-0.2, -0.15) is 0 Å². The fraction of sp³-hybridized carbons (Fsp3) is 0.562. The molecule has 0 bridgehead atoms. The van der Waals surface area contributed by atoms with Crippen LogP contribution < -0.4 is 5.32 Å². The zero-order chi connectivity index (χ0) is 13.8. The van der Waals surface area contributed by atoms with Crippen molar-refractivity contribution in [2.75, 3.05) is 5.32 Å². The summed E-state index contributed by atoms with van der Waals surface area (Å²) in [7, 11) is 0. The van der Waals surface area contributed by atoms with Crippen LogP contribution in [0.5, 0.6) is 0 Å². The molecule has 2 N–H and O–H groups in total. The molecule has 0 saturated heterocycles. The predicted octanol–water partition coefficient (Wildman–Crippen LogP) is 4.07. The Hall–Kier alpha value is -1.51. The van der Waals surface area contributed by atoms with Crippen molar-refractivity contribution in [3.63, 3.8) is 0 Å². The van der Waals surface area contributed by atoms with Crippen molar-refractivity contribution < 1.29 is 9.90 Å². The lowest BCUT2D eigenvalue weighted by Gasteiger charge is -2.29. The largest absolute Gasteiger partial charge is 0.478 e. The van der Waals surface area contributed by atoms with Crippen LogP contribution in [0, 0.1) is 12.8 Å². The van der Waals surface area contributed by atoms with Gasteiger partial charge in [0.15, 0.2) is 0 Å². The summed E-state index contributed by atoms with van der Waals surface area (Å²) in [4.78, 5) is 11.0. The smallest absolute Gasteiger partial charge is 0.335 e. The first-order valence-electron chi connectivity index (χ1n) is 7.18. The first kappa shape index (κ1) is 13.9. The average Bonchev–Trinajstić information content (AvgIpc) is 2.39. The number of carboxylic acids is 1. The third-order valence-corrected chi connectivity index (χ3v) is 4.21. The second-order valence-corrected chi connectivity index (χ2v) is 5.67. The zero-order valence-corrected chi connectivity index (χ0v) is 11.8. The number of carbonyl (C=O) groups is 1. The molecule has 1 unspecified atom stereocenters. The Morgan fingerprint density at radius 2 is 2.00 bits per heavy atom. The molecule has 1 atom stereocenters. The van der Waals surface area contributed by atoms with Gasteiger partial charge in [-0.25, -0.2) is 4.79 Å². The van der Waals surface area contributed by atoms with Gasteiger partial charge in [-0.05, 0) is 56.4 Å². The lowest BCUT2D eigenvalue weighted by Crippen LogP contribution is -2.27. The maximum absolute atomic E-state index is 11.0. The van der Waals surface area contributed by atoms with Crippen LogP contribution in [0.25, 0.3) is 0 Å². The molecule has 0 amide bonds. The van der Waals surface area contributed by atoms with Crippen molar-refractivity contribution in [1.82, 2.24) is 0 Å². The lowest BCUT2D eigenvalue weighted by atomic mass is 9.84. The molecular formula is C16H23NO2. The van der Waals surface area contributed by atoms with E-state index in [1.54, 1.807) is 6.07 Å². The fourth-order valence-corrected chi connectivity index (χ4v) is 3.01. The fourth-order valence-electron chi connectivity index (χ4n) is 3.01. The van der Waals surface area contributed by atoms with Gasteiger partial charge in [0.05, 0.1) is 5.56 Å². The Morgan fingerprint density at radius 1 is 1.32 bits per heavy atom. The van der Waals surface area contributed by atoms with E-state index in [9.17, 15) is 4.79 Å². The minimum atomic E-state index is -0.857. The van der Waals surface area contributed by atoms with E-state index in [2.05, 4.69) is 12.2 Å². The van der Waals surface area contributed by atoms with Crippen LogP contribution >= 0.6 is 0 Å². The third-order valence-electron chi connectivity index (χ3n) is 4.21. The van der Waals surface area contributed by atoms with Crippen molar-refractivity contribution in [2.24, 2.45) is 5.92 Å². The molecule has 1 saturated carbocycles. The molecule has 0 spiro atoms. The van der Waals surface area contributed by atoms with Gasteiger partial charge < -0.3 is 10.4 Å². The Kier molecular flexibility index (Phi) is 4.46. The second-order valence-electron chi connectivity index (χ2n) is 5.67. The van der Waals surface area contributed by atoms with Crippen molar-refractivity contribution in [1.29, 1.82) is 0 Å². The Labute approximate surface area is 115 Å². The number of rotatable bonds is 4. The number of aromatic carboxylic acids is 1. The van der Waals surface area contributed by atoms with Gasteiger partial charge in [0.1, 0.15) is 0 Å². The molecule has 0 radical (unpaired) electrons. The number of anilines is 1. The van der Waals surface area contributed by atoms with E-state index >= 15 is 0 Å². The Balaban J connectivity index is 2.02. The molecule has 1 aromatic carbocycles. The normalized spacial score (nSPS) is 18.0. The molecule has 1 aliphatic rings. The molecule has 3 nitrogen and oxygen atoms in total. The minimum absolute atomic E-state index is 0.385. The van der Waals surface area contributed by atoms with Crippen LogP contribution in [0.1, 0.15) is 54.9 Å². The number of hydrogen-bond donors (Lipinski definition) is 2. The zero-order valence-electron chi connectivity index (χ0n) is 11.8. The summed E-state index contributed by atoms with van der Waals surface area (Å²) in [6.45, 7) is 4.08. The first-order chi connectivity index (χ1) is 9.08. The minimum Gasteiger partial charge on any atom is -0.478 e. The van der Waals surface area contributed by atoms with Crippen molar-refractivity contribution >= 4 is 11.7 Å². The van der Waals surface area contributed by atoms with Gasteiger partial charge in [0.25, 0.3) is 0 Å². The van der Waals surface area contributed by atoms with E-state index in [0.29, 0.717) is 11.6 Å². The summed E-state index contributed by atoms with van der Waals surface area (Å²) in [6, 6.07) is 5.95. The van der Waals surface area contributed by atoms with Gasteiger partial charge >= 0.3 is 5.97 Å². The van der Waals surface area contributed by atoms with Crippen LogP contribution in [0.2, 0.25) is 0 Å². The van der Waals surface area contributed by atoms with Gasteiger partial charge in [-0.1, -0.05) is 19.3 Å². The maximum atomic E-state index is 11.0. The second kappa shape index (κ2) is 6.09. The predicted molar refractivity (Wildman–Crippen MR) is 77.8 cm³/mol. The lowest BCUT2D eigenvalue weighted by molar-refractivity contribution is 0.0696. The highest BCUT2D eigenvalue weighted by molar-refractivity contribution is 5.89. The van der Waals surface area contributed by atoms with E-state index in [4.69, 9.17) is 5.11 Å². The summed E-state index contributed by atoms with van der Waals surface area (Å²) >= 11 is 0. The summed E-state index contributed by atoms with van der Waals surface area (Å²) in [5, 5.41) is 12.5. The molecule has 1 fully saturated rings. The van der Waals surface area contributed by atoms with Crippen molar-refractivity contribution in [3.05, 3.63) is 29.3 Å². The highest BCUT2D eigenvalue weighted by Gasteiger charge is 2.20. The number of aryl methyl sites for hydroxylation is 1. The SMILES string of the molecule is Cc1cc(NC(C)C2CCCCC2)ccc1C(=O)O. The van der Waals surface area contributed by atoms with Crippen LogP contribution in [0.15, 0.2) is 18.2 Å². The maximum Gasteiger partial charge on any atom is 0.335 e. The quantitative estimate of drug-likeness (QED) is 0.858. The van der Waals surface area contributed by atoms with E-state index < -0.39 is 5.97 Å². The highest BCUT2D eigenvalue weighted by atomic mass is 16.4. The molecule has 0 aliphatic heterocycles. The summed E-state index contributed by atoms with van der Waals surface area (Å²) in [6.07, 6.45) is 6.66. The van der Waals surface area contributed by atoms with Gasteiger partial charge in [0, 0.05) is 11.7 Å². The monoisotopic (exact) mass is 261 g/mol. The molecule has 19 heavy (non-hydrogen) atoms. The average molecular weight is 261 g/mol. The van der Waals surface area contributed by atoms with E-state index in [0.717, 1.165) is 17.2 Å². The first-order valence-corrected chi connectivity index (χ1v) is 7.18. The number of nitrogens with one attached hydrogen (secondary N) is 1. The summed E-state index contributed by atoms with van der Waals surface area (Å²) < 4.78 is 0. The molecule has 3 heteroatoms. The topological polar surface area (TPSA) is 49.3 Å². The van der Waals surface area contributed by atoms with Crippen LogP contribution in [0.3, 0.4) is 0 Å². The van der Waals surface area contributed by atoms with Gasteiger partial charge in [0.2, 0.25) is 0 Å². The van der Waals surface area contributed by atoms with Crippen molar-refractivity contribution in [2.45, 2.75) is 52.0 Å². The Bertz CT molecular complexity index is 450. The Morgan fingerprint density at radius 3 is 2.58 bits per heavy atom. The molecule has 1 aromatic rings. The van der Waals surface area contributed by atoms with Gasteiger partial charge in [-0.15, -0.1) is 0 Å². The molecule has 0 aromatic heterocycles. The number of benzene rings is 1. The molecular weight excluding hydrogens is 238 g/mol. The van der Waals surface area contributed by atoms with E-state index in [1.807, 2.05) is 19.1 Å². The summed E-state index contributed by atoms with van der Waals surface area (Å²) in [5.74, 6) is -0.113. The third kappa shape index (κ3) is 3.49. The van der Waals surface area contributed by atoms with Crippen molar-refractivity contribution in [3.8, 4) is 0 Å². The number of carboxylic acid groups (broad SMARTS) is 1. The highest BCUT2D eigenvalue weighted by Crippen LogP contribution is 2.28. The molecule has 1 aliphatic carbocycles. The van der Waals surface area contributed by atoms with Crippen LogP contribution in [-0.4, -0.2) is 17.1 Å². The van der Waals surface area contributed by atoms with Gasteiger partial charge in [-0.3, -0.25) is 0 Å². The standard InChI is InChI=1S/C16H23NO2/c1-11-10-14(8-9-15(11)16(18)19)17-12(2)13-6-4-3-5-7-13/h8-10,12-13,17H,3-7H2,1-2H3,(H,18,19). The van der Waals surface area contributed by atoms with Crippen LogP contribution in [0.4, 0.5) is 5.69 Å². The number of hydrogen-bond acceptors (Lipinski definition) is 2. The van der Waals surface area contributed by atoms with E-state index in [-0.39, 0.29) is 0 Å². The molecule has 104 valence electrons. The molecule has 2 rings (SSSR count). The summed E-state index contributed by atoms with van der Waals surface area (Å²) in [5.41, 5.74) is 2.23. The molecule has 0 heterocycles.